The van der Waals surface area contributed by atoms with E-state index in [4.69, 9.17) is 22.6 Å². The van der Waals surface area contributed by atoms with Gasteiger partial charge in [0.05, 0.1) is 22.3 Å². The summed E-state index contributed by atoms with van der Waals surface area (Å²) >= 11 is 6.18. The van der Waals surface area contributed by atoms with E-state index in [9.17, 15) is 0 Å². The standard InChI is InChI=1S/C15H14ClN5/c1-8-13(18)20-15(10-3-4-10)21-14(8)19-12-5-2-9(7-17)6-11(12)16/h2,5-6,10H,3-4H2,1H3,(H3,18,19,20,21). The Morgan fingerprint density at radius 1 is 1.38 bits per heavy atom. The molecule has 0 amide bonds. The number of nitrogens with zero attached hydrogens (tertiary/aromatic N) is 3. The first-order valence-electron chi connectivity index (χ1n) is 6.69. The molecule has 3 rings (SSSR count). The summed E-state index contributed by atoms with van der Waals surface area (Å²) in [6.07, 6.45) is 2.22. The van der Waals surface area contributed by atoms with E-state index in [1.54, 1.807) is 18.2 Å². The van der Waals surface area contributed by atoms with Crippen LogP contribution in [0.4, 0.5) is 17.3 Å². The lowest BCUT2D eigenvalue weighted by Crippen LogP contribution is -2.06. The molecule has 0 saturated heterocycles. The minimum atomic E-state index is 0.421. The van der Waals surface area contributed by atoms with Gasteiger partial charge in [-0.3, -0.25) is 0 Å². The van der Waals surface area contributed by atoms with Crippen molar-refractivity contribution in [2.45, 2.75) is 25.7 Å². The van der Waals surface area contributed by atoms with Gasteiger partial charge in [-0.05, 0) is 38.0 Å². The summed E-state index contributed by atoms with van der Waals surface area (Å²) in [7, 11) is 0. The number of benzene rings is 1. The first-order valence-corrected chi connectivity index (χ1v) is 7.07. The molecule has 3 N–H and O–H groups in total. The molecule has 0 bridgehead atoms. The first-order chi connectivity index (χ1) is 10.1. The molecule has 21 heavy (non-hydrogen) atoms. The molecule has 0 spiro atoms. The van der Waals surface area contributed by atoms with Crippen LogP contribution in [0, 0.1) is 18.3 Å². The average molecular weight is 300 g/mol. The Morgan fingerprint density at radius 3 is 2.76 bits per heavy atom. The molecule has 0 unspecified atom stereocenters. The summed E-state index contributed by atoms with van der Waals surface area (Å²) in [5.41, 5.74) is 7.96. The molecule has 6 heteroatoms. The van der Waals surface area contributed by atoms with E-state index in [2.05, 4.69) is 21.4 Å². The molecule has 1 fully saturated rings. The summed E-state index contributed by atoms with van der Waals surface area (Å²) in [4.78, 5) is 8.89. The van der Waals surface area contributed by atoms with Gasteiger partial charge in [0.1, 0.15) is 17.5 Å². The highest BCUT2D eigenvalue weighted by Gasteiger charge is 2.28. The van der Waals surface area contributed by atoms with Crippen molar-refractivity contribution < 1.29 is 0 Å². The molecule has 2 aromatic rings. The van der Waals surface area contributed by atoms with Crippen molar-refractivity contribution in [3.8, 4) is 6.07 Å². The van der Waals surface area contributed by atoms with Crippen molar-refractivity contribution in [1.29, 1.82) is 5.26 Å². The van der Waals surface area contributed by atoms with Crippen molar-refractivity contribution in [3.63, 3.8) is 0 Å². The number of halogens is 1. The molecule has 1 aliphatic rings. The molecule has 1 aromatic carbocycles. The summed E-state index contributed by atoms with van der Waals surface area (Å²) in [5, 5.41) is 12.5. The SMILES string of the molecule is Cc1c(N)nc(C2CC2)nc1Nc1ccc(C#N)cc1Cl. The normalized spacial score (nSPS) is 13.8. The van der Waals surface area contributed by atoms with Gasteiger partial charge < -0.3 is 11.1 Å². The van der Waals surface area contributed by atoms with Crippen LogP contribution in [0.2, 0.25) is 5.02 Å². The van der Waals surface area contributed by atoms with E-state index in [1.807, 2.05) is 6.92 Å². The van der Waals surface area contributed by atoms with E-state index in [0.29, 0.717) is 33.8 Å². The van der Waals surface area contributed by atoms with Gasteiger partial charge in [0, 0.05) is 11.5 Å². The zero-order valence-electron chi connectivity index (χ0n) is 11.5. The second-order valence-corrected chi connectivity index (χ2v) is 5.55. The number of nitrogen functional groups attached to an aromatic ring is 1. The predicted octanol–water partition coefficient (Wildman–Crippen LogP) is 3.51. The third-order valence-electron chi connectivity index (χ3n) is 3.49. The van der Waals surface area contributed by atoms with E-state index in [0.717, 1.165) is 24.2 Å². The highest BCUT2D eigenvalue weighted by atomic mass is 35.5. The molecule has 0 atom stereocenters. The quantitative estimate of drug-likeness (QED) is 0.905. The molecule has 0 radical (unpaired) electrons. The van der Waals surface area contributed by atoms with Gasteiger partial charge in [-0.1, -0.05) is 11.6 Å². The van der Waals surface area contributed by atoms with Gasteiger partial charge in [-0.2, -0.15) is 5.26 Å². The molecule has 1 aliphatic carbocycles. The van der Waals surface area contributed by atoms with Crippen LogP contribution in [0.15, 0.2) is 18.2 Å². The second-order valence-electron chi connectivity index (χ2n) is 5.15. The number of anilines is 3. The van der Waals surface area contributed by atoms with E-state index in [1.165, 1.54) is 0 Å². The van der Waals surface area contributed by atoms with Gasteiger partial charge in [-0.15, -0.1) is 0 Å². The summed E-state index contributed by atoms with van der Waals surface area (Å²) in [6, 6.07) is 7.13. The highest BCUT2D eigenvalue weighted by Crippen LogP contribution is 2.39. The number of nitrogens with one attached hydrogen (secondary N) is 1. The van der Waals surface area contributed by atoms with E-state index >= 15 is 0 Å². The Hall–Kier alpha value is -2.32. The van der Waals surface area contributed by atoms with Crippen molar-refractivity contribution in [3.05, 3.63) is 40.2 Å². The predicted molar refractivity (Wildman–Crippen MR) is 82.6 cm³/mol. The van der Waals surface area contributed by atoms with Crippen LogP contribution in [0.5, 0.6) is 0 Å². The molecular formula is C15H14ClN5. The minimum Gasteiger partial charge on any atom is -0.383 e. The lowest BCUT2D eigenvalue weighted by molar-refractivity contribution is 0.928. The molecule has 1 aromatic heterocycles. The summed E-state index contributed by atoms with van der Waals surface area (Å²) in [5.74, 6) is 2.35. The Bertz CT molecular complexity index is 746. The topological polar surface area (TPSA) is 87.6 Å². The molecule has 5 nitrogen and oxygen atoms in total. The largest absolute Gasteiger partial charge is 0.383 e. The zero-order chi connectivity index (χ0) is 15.0. The molecule has 1 saturated carbocycles. The van der Waals surface area contributed by atoms with Crippen LogP contribution in [0.3, 0.4) is 0 Å². The summed E-state index contributed by atoms with van der Waals surface area (Å²) < 4.78 is 0. The number of rotatable bonds is 3. The van der Waals surface area contributed by atoms with Crippen LogP contribution in [0.1, 0.15) is 35.7 Å². The Kier molecular flexibility index (Phi) is 3.40. The van der Waals surface area contributed by atoms with Crippen molar-refractivity contribution >= 4 is 28.9 Å². The van der Waals surface area contributed by atoms with Gasteiger partial charge >= 0.3 is 0 Å². The monoisotopic (exact) mass is 299 g/mol. The molecule has 106 valence electrons. The van der Waals surface area contributed by atoms with Crippen LogP contribution in [-0.2, 0) is 0 Å². The van der Waals surface area contributed by atoms with Crippen molar-refractivity contribution in [1.82, 2.24) is 9.97 Å². The summed E-state index contributed by atoms with van der Waals surface area (Å²) in [6.45, 7) is 1.87. The highest BCUT2D eigenvalue weighted by molar-refractivity contribution is 6.33. The fourth-order valence-corrected chi connectivity index (χ4v) is 2.24. The fraction of sp³-hybridized carbons (Fsp3) is 0.267. The smallest absolute Gasteiger partial charge is 0.139 e. The molecule has 1 heterocycles. The molecular weight excluding hydrogens is 286 g/mol. The Morgan fingerprint density at radius 2 is 2.14 bits per heavy atom. The maximum absolute atomic E-state index is 8.86. The van der Waals surface area contributed by atoms with Gasteiger partial charge in [0.15, 0.2) is 0 Å². The fourth-order valence-electron chi connectivity index (χ4n) is 2.01. The van der Waals surface area contributed by atoms with E-state index in [-0.39, 0.29) is 0 Å². The Labute approximate surface area is 127 Å². The second kappa shape index (κ2) is 5.23. The maximum Gasteiger partial charge on any atom is 0.139 e. The third kappa shape index (κ3) is 2.76. The van der Waals surface area contributed by atoms with Crippen molar-refractivity contribution in [2.24, 2.45) is 0 Å². The maximum atomic E-state index is 8.86. The Balaban J connectivity index is 1.96. The number of hydrogen-bond acceptors (Lipinski definition) is 5. The zero-order valence-corrected chi connectivity index (χ0v) is 12.3. The van der Waals surface area contributed by atoms with Crippen LogP contribution in [-0.4, -0.2) is 9.97 Å². The minimum absolute atomic E-state index is 0.421. The van der Waals surface area contributed by atoms with Crippen LogP contribution >= 0.6 is 11.6 Å². The number of hydrogen-bond donors (Lipinski definition) is 2. The number of nitriles is 1. The average Bonchev–Trinajstić information content (AvgIpc) is 3.30. The number of nitrogens with two attached hydrogens (primary N) is 1. The van der Waals surface area contributed by atoms with Gasteiger partial charge in [-0.25, -0.2) is 9.97 Å². The third-order valence-corrected chi connectivity index (χ3v) is 3.81. The lowest BCUT2D eigenvalue weighted by Gasteiger charge is -2.13. The van der Waals surface area contributed by atoms with Gasteiger partial charge in [0.2, 0.25) is 0 Å². The van der Waals surface area contributed by atoms with Crippen molar-refractivity contribution in [2.75, 3.05) is 11.1 Å². The van der Waals surface area contributed by atoms with Gasteiger partial charge in [0.25, 0.3) is 0 Å². The van der Waals surface area contributed by atoms with Crippen LogP contribution < -0.4 is 11.1 Å². The lowest BCUT2D eigenvalue weighted by atomic mass is 10.2. The van der Waals surface area contributed by atoms with E-state index < -0.39 is 0 Å². The molecule has 0 aliphatic heterocycles. The first kappa shape index (κ1) is 13.7. The van der Waals surface area contributed by atoms with Crippen LogP contribution in [0.25, 0.3) is 0 Å². The number of aromatic nitrogens is 2.